The number of carboxylic acid groups (broad SMARTS) is 1. The van der Waals surface area contributed by atoms with Gasteiger partial charge in [0.2, 0.25) is 0 Å². The molecule has 0 bridgehead atoms. The van der Waals surface area contributed by atoms with Crippen LogP contribution in [0, 0.1) is 0 Å². The fraction of sp³-hybridized carbons (Fsp3) is 0.538. The van der Waals surface area contributed by atoms with Crippen LogP contribution in [-0.4, -0.2) is 32.8 Å². The molecule has 1 N–H and O–H groups in total. The molecule has 1 unspecified atom stereocenters. The Morgan fingerprint density at radius 1 is 1.45 bits per heavy atom. The van der Waals surface area contributed by atoms with Crippen molar-refractivity contribution in [1.82, 2.24) is 9.88 Å². The minimum Gasteiger partial charge on any atom is -0.465 e. The van der Waals surface area contributed by atoms with E-state index in [9.17, 15) is 23.1 Å². The Bertz CT molecular complexity index is 561. The first kappa shape index (κ1) is 19.0. The van der Waals surface area contributed by atoms with E-state index in [4.69, 9.17) is 11.6 Å². The van der Waals surface area contributed by atoms with Gasteiger partial charge < -0.3 is 5.11 Å². The number of rotatable bonds is 3. The minimum atomic E-state index is -4.83. The first-order valence-electron chi connectivity index (χ1n) is 6.19. The van der Waals surface area contributed by atoms with E-state index in [0.717, 1.165) is 0 Å². The smallest absolute Gasteiger partial charge is 0.414 e. The lowest BCUT2D eigenvalue weighted by atomic mass is 9.99. The van der Waals surface area contributed by atoms with E-state index in [1.165, 1.54) is 33.0 Å². The van der Waals surface area contributed by atoms with Crippen LogP contribution in [0.1, 0.15) is 38.1 Å². The second-order valence-corrected chi connectivity index (χ2v) is 6.78. The molecule has 4 nitrogen and oxygen atoms in total. The number of hydrogen-bond acceptors (Lipinski definition) is 2. The maximum atomic E-state index is 13.6. The summed E-state index contributed by atoms with van der Waals surface area (Å²) in [6, 6.07) is -0.997. The van der Waals surface area contributed by atoms with Crippen LogP contribution in [0.3, 0.4) is 0 Å². The van der Waals surface area contributed by atoms with Crippen molar-refractivity contribution in [3.63, 3.8) is 0 Å². The predicted octanol–water partition coefficient (Wildman–Crippen LogP) is 4.96. The molecule has 1 atom stereocenters. The van der Waals surface area contributed by atoms with Crippen molar-refractivity contribution in [3.05, 3.63) is 28.0 Å². The first-order valence-corrected chi connectivity index (χ1v) is 7.51. The summed E-state index contributed by atoms with van der Waals surface area (Å²) in [6.07, 6.45) is -5.32. The van der Waals surface area contributed by atoms with Crippen LogP contribution < -0.4 is 0 Å². The van der Waals surface area contributed by atoms with Gasteiger partial charge in [-0.3, -0.25) is 9.88 Å². The lowest BCUT2D eigenvalue weighted by Gasteiger charge is -2.40. The maximum absolute atomic E-state index is 13.6. The Morgan fingerprint density at radius 2 is 2.00 bits per heavy atom. The topological polar surface area (TPSA) is 53.4 Å². The molecular weight excluding hydrogens is 389 g/mol. The lowest BCUT2D eigenvalue weighted by molar-refractivity contribution is -0.192. The number of nitrogens with zero attached hydrogens (tertiary/aromatic N) is 2. The summed E-state index contributed by atoms with van der Waals surface area (Å²) in [5, 5.41) is 9.28. The van der Waals surface area contributed by atoms with Gasteiger partial charge in [-0.15, -0.1) is 11.6 Å². The molecule has 0 saturated heterocycles. The van der Waals surface area contributed by atoms with Gasteiger partial charge in [0, 0.05) is 22.1 Å². The zero-order chi connectivity index (χ0) is 17.3. The highest BCUT2D eigenvalue weighted by molar-refractivity contribution is 9.10. The Hall–Kier alpha value is -1.02. The standard InChI is InChI=1S/C13H15BrClF3N2O2/c1-12(2,3)20(11(21)22)10(13(16,17)18)9-7(5-15)4-8(14)6-19-9/h4,6,10H,5H2,1-3H3,(H,21,22). The van der Waals surface area contributed by atoms with Gasteiger partial charge in [0.15, 0.2) is 6.04 Å². The third-order valence-electron chi connectivity index (χ3n) is 2.87. The molecule has 0 radical (unpaired) electrons. The highest BCUT2D eigenvalue weighted by Gasteiger charge is 2.51. The van der Waals surface area contributed by atoms with Crippen molar-refractivity contribution in [3.8, 4) is 0 Å². The average molecular weight is 404 g/mol. The van der Waals surface area contributed by atoms with Crippen molar-refractivity contribution in [1.29, 1.82) is 0 Å². The van der Waals surface area contributed by atoms with E-state index in [2.05, 4.69) is 20.9 Å². The fourth-order valence-electron chi connectivity index (χ4n) is 2.05. The average Bonchev–Trinajstić information content (AvgIpc) is 2.32. The summed E-state index contributed by atoms with van der Waals surface area (Å²) in [5.41, 5.74) is -1.57. The van der Waals surface area contributed by atoms with Gasteiger partial charge in [0.1, 0.15) is 0 Å². The van der Waals surface area contributed by atoms with Gasteiger partial charge in [-0.05, 0) is 48.3 Å². The zero-order valence-corrected chi connectivity index (χ0v) is 14.4. The van der Waals surface area contributed by atoms with Crippen LogP contribution in [0.25, 0.3) is 0 Å². The number of pyridine rings is 1. The van der Waals surface area contributed by atoms with E-state index >= 15 is 0 Å². The third kappa shape index (κ3) is 4.25. The summed E-state index contributed by atoms with van der Waals surface area (Å²) in [4.78, 5) is 15.6. The molecule has 0 aliphatic carbocycles. The highest BCUT2D eigenvalue weighted by Crippen LogP contribution is 2.42. The van der Waals surface area contributed by atoms with Crippen LogP contribution >= 0.6 is 27.5 Å². The van der Waals surface area contributed by atoms with Crippen LogP contribution in [-0.2, 0) is 5.88 Å². The number of carbonyl (C=O) groups is 1. The number of aromatic nitrogens is 1. The number of hydrogen-bond donors (Lipinski definition) is 1. The molecule has 9 heteroatoms. The van der Waals surface area contributed by atoms with Gasteiger partial charge in [0.05, 0.1) is 5.69 Å². The summed E-state index contributed by atoms with van der Waals surface area (Å²) in [6.45, 7) is 4.16. The van der Waals surface area contributed by atoms with E-state index in [0.29, 0.717) is 9.37 Å². The summed E-state index contributed by atoms with van der Waals surface area (Å²) in [5.74, 6) is -0.216. The van der Waals surface area contributed by atoms with E-state index in [-0.39, 0.29) is 11.4 Å². The SMILES string of the molecule is CC(C)(C)N(C(=O)O)C(c1ncc(Br)cc1CCl)C(F)(F)F. The van der Waals surface area contributed by atoms with E-state index in [1.807, 2.05) is 0 Å². The quantitative estimate of drug-likeness (QED) is 0.725. The lowest BCUT2D eigenvalue weighted by Crippen LogP contribution is -2.52. The third-order valence-corrected chi connectivity index (χ3v) is 3.59. The largest absolute Gasteiger partial charge is 0.465 e. The Kier molecular flexibility index (Phi) is 5.72. The maximum Gasteiger partial charge on any atom is 0.414 e. The molecule has 0 spiro atoms. The molecule has 1 rings (SSSR count). The van der Waals surface area contributed by atoms with Gasteiger partial charge >= 0.3 is 12.3 Å². The van der Waals surface area contributed by atoms with E-state index in [1.54, 1.807) is 0 Å². The molecule has 1 aromatic heterocycles. The van der Waals surface area contributed by atoms with Crippen LogP contribution in [0.4, 0.5) is 18.0 Å². The highest BCUT2D eigenvalue weighted by atomic mass is 79.9. The van der Waals surface area contributed by atoms with Crippen molar-refractivity contribution in [2.24, 2.45) is 0 Å². The normalized spacial score (nSPS) is 13.8. The second-order valence-electron chi connectivity index (χ2n) is 5.60. The zero-order valence-electron chi connectivity index (χ0n) is 12.1. The molecule has 0 aliphatic rings. The molecular formula is C13H15BrClF3N2O2. The Morgan fingerprint density at radius 3 is 2.36 bits per heavy atom. The minimum absolute atomic E-state index is 0.119. The fourth-order valence-corrected chi connectivity index (χ4v) is 2.65. The number of halogens is 5. The van der Waals surface area contributed by atoms with Gasteiger partial charge in [0.25, 0.3) is 0 Å². The molecule has 0 aliphatic heterocycles. The molecule has 0 fully saturated rings. The van der Waals surface area contributed by atoms with Crippen molar-refractivity contribution in [2.75, 3.05) is 0 Å². The summed E-state index contributed by atoms with van der Waals surface area (Å²) >= 11 is 8.81. The Labute approximate surface area is 139 Å². The van der Waals surface area contributed by atoms with Crippen molar-refractivity contribution in [2.45, 2.75) is 44.4 Å². The van der Waals surface area contributed by atoms with Gasteiger partial charge in [-0.2, -0.15) is 13.2 Å². The molecule has 22 heavy (non-hydrogen) atoms. The Balaban J connectivity index is 3.58. The molecule has 124 valence electrons. The molecule has 1 amide bonds. The van der Waals surface area contributed by atoms with Crippen LogP contribution in [0.5, 0.6) is 0 Å². The van der Waals surface area contributed by atoms with E-state index < -0.39 is 29.5 Å². The second kappa shape index (κ2) is 6.62. The van der Waals surface area contributed by atoms with Crippen LogP contribution in [0.2, 0.25) is 0 Å². The number of alkyl halides is 4. The molecule has 1 aromatic rings. The van der Waals surface area contributed by atoms with Gasteiger partial charge in [-0.25, -0.2) is 4.79 Å². The van der Waals surface area contributed by atoms with Crippen molar-refractivity contribution < 1.29 is 23.1 Å². The van der Waals surface area contributed by atoms with Gasteiger partial charge in [-0.1, -0.05) is 0 Å². The summed E-state index contributed by atoms with van der Waals surface area (Å²) < 4.78 is 41.2. The van der Waals surface area contributed by atoms with Crippen LogP contribution in [0.15, 0.2) is 16.7 Å². The molecule has 0 saturated carbocycles. The molecule has 0 aromatic carbocycles. The number of amides is 1. The first-order chi connectivity index (χ1) is 9.89. The summed E-state index contributed by atoms with van der Waals surface area (Å²) in [7, 11) is 0. The molecule has 1 heterocycles. The monoisotopic (exact) mass is 402 g/mol. The predicted molar refractivity (Wildman–Crippen MR) is 79.9 cm³/mol. The van der Waals surface area contributed by atoms with Crippen molar-refractivity contribution >= 4 is 33.6 Å².